The molecule has 128 valence electrons. The lowest BCUT2D eigenvalue weighted by Crippen LogP contribution is -1.91. The SMILES string of the molecule is C#CC(C)=CC(C)/C=C(\C)C(=C)CCCCCC(=C)CCCC. The summed E-state index contributed by atoms with van der Waals surface area (Å²) in [7, 11) is 0. The lowest BCUT2D eigenvalue weighted by Gasteiger charge is -2.09. The molecule has 0 aromatic rings. The molecule has 0 saturated heterocycles. The van der Waals surface area contributed by atoms with Crippen molar-refractivity contribution < 1.29 is 0 Å². The fraction of sp³-hybridized carbons (Fsp3) is 0.565. The fourth-order valence-corrected chi connectivity index (χ4v) is 2.64. The molecule has 0 nitrogen and oxygen atoms in total. The quantitative estimate of drug-likeness (QED) is 0.152. The monoisotopic (exact) mass is 312 g/mol. The van der Waals surface area contributed by atoms with Gasteiger partial charge in [-0.25, -0.2) is 0 Å². The van der Waals surface area contributed by atoms with Gasteiger partial charge in [-0.05, 0) is 63.9 Å². The summed E-state index contributed by atoms with van der Waals surface area (Å²) in [6.07, 6.45) is 19.6. The minimum atomic E-state index is 0.365. The summed E-state index contributed by atoms with van der Waals surface area (Å²) in [5.74, 6) is 3.04. The van der Waals surface area contributed by atoms with E-state index in [9.17, 15) is 0 Å². The molecule has 0 spiro atoms. The van der Waals surface area contributed by atoms with Gasteiger partial charge >= 0.3 is 0 Å². The molecule has 0 aromatic carbocycles. The highest BCUT2D eigenvalue weighted by atomic mass is 14.1. The third-order valence-corrected chi connectivity index (χ3v) is 4.20. The van der Waals surface area contributed by atoms with Crippen molar-refractivity contribution >= 4 is 0 Å². The van der Waals surface area contributed by atoms with Gasteiger partial charge in [0.2, 0.25) is 0 Å². The second kappa shape index (κ2) is 13.0. The first-order chi connectivity index (χ1) is 10.9. The molecular formula is C23H36. The van der Waals surface area contributed by atoms with Crippen molar-refractivity contribution in [3.05, 3.63) is 47.6 Å². The van der Waals surface area contributed by atoms with E-state index in [1.165, 1.54) is 61.7 Å². The predicted molar refractivity (Wildman–Crippen MR) is 106 cm³/mol. The Bertz CT molecular complexity index is 465. The summed E-state index contributed by atoms with van der Waals surface area (Å²) in [4.78, 5) is 0. The summed E-state index contributed by atoms with van der Waals surface area (Å²) in [6, 6.07) is 0. The third-order valence-electron chi connectivity index (χ3n) is 4.20. The molecule has 0 heteroatoms. The zero-order valence-corrected chi connectivity index (χ0v) is 15.9. The Morgan fingerprint density at radius 2 is 1.61 bits per heavy atom. The Morgan fingerprint density at radius 1 is 1.00 bits per heavy atom. The fourth-order valence-electron chi connectivity index (χ4n) is 2.64. The highest BCUT2D eigenvalue weighted by Crippen LogP contribution is 2.20. The number of rotatable bonds is 12. The predicted octanol–water partition coefficient (Wildman–Crippen LogP) is 7.40. The van der Waals surface area contributed by atoms with Crippen LogP contribution in [0.2, 0.25) is 0 Å². The van der Waals surface area contributed by atoms with E-state index in [1.54, 1.807) is 0 Å². The van der Waals surface area contributed by atoms with E-state index < -0.39 is 0 Å². The molecular weight excluding hydrogens is 276 g/mol. The molecule has 0 aliphatic rings. The van der Waals surface area contributed by atoms with E-state index in [4.69, 9.17) is 6.42 Å². The molecule has 0 aliphatic heterocycles. The Balaban J connectivity index is 4.02. The first-order valence-corrected chi connectivity index (χ1v) is 9.08. The van der Waals surface area contributed by atoms with Gasteiger partial charge in [0.25, 0.3) is 0 Å². The van der Waals surface area contributed by atoms with Gasteiger partial charge in [0.1, 0.15) is 0 Å². The molecule has 0 aromatic heterocycles. The number of terminal acetylenes is 1. The van der Waals surface area contributed by atoms with Crippen LogP contribution < -0.4 is 0 Å². The van der Waals surface area contributed by atoms with Crippen molar-refractivity contribution in [2.45, 2.75) is 79.1 Å². The maximum absolute atomic E-state index is 5.39. The van der Waals surface area contributed by atoms with Crippen molar-refractivity contribution in [2.24, 2.45) is 5.92 Å². The van der Waals surface area contributed by atoms with Gasteiger partial charge in [-0.1, -0.05) is 74.6 Å². The molecule has 0 aliphatic carbocycles. The standard InChI is InChI=1S/C23H36/c1-8-10-14-20(4)15-12-11-13-16-22(6)23(7)18-21(5)17-19(3)9-2/h2,17-18,21H,4,6,8,10-16H2,1,3,5,7H3/b19-17?,23-18+. The van der Waals surface area contributed by atoms with E-state index >= 15 is 0 Å². The minimum absolute atomic E-state index is 0.365. The summed E-state index contributed by atoms with van der Waals surface area (Å²) in [5.41, 5.74) is 4.97. The van der Waals surface area contributed by atoms with Crippen LogP contribution in [0.25, 0.3) is 0 Å². The maximum Gasteiger partial charge on any atom is -0.00475 e. The second-order valence-electron chi connectivity index (χ2n) is 6.72. The lowest BCUT2D eigenvalue weighted by atomic mass is 9.97. The highest BCUT2D eigenvalue weighted by molar-refractivity contribution is 5.30. The molecule has 0 radical (unpaired) electrons. The summed E-state index contributed by atoms with van der Waals surface area (Å²) < 4.78 is 0. The van der Waals surface area contributed by atoms with Crippen LogP contribution in [0.1, 0.15) is 79.1 Å². The van der Waals surface area contributed by atoms with Gasteiger partial charge in [0.15, 0.2) is 0 Å². The summed E-state index contributed by atoms with van der Waals surface area (Å²) in [6.45, 7) is 16.9. The van der Waals surface area contributed by atoms with Crippen LogP contribution >= 0.6 is 0 Å². The van der Waals surface area contributed by atoms with Gasteiger partial charge in [-0.2, -0.15) is 0 Å². The maximum atomic E-state index is 5.39. The highest BCUT2D eigenvalue weighted by Gasteiger charge is 2.01. The Morgan fingerprint density at radius 3 is 2.22 bits per heavy atom. The van der Waals surface area contributed by atoms with E-state index in [1.807, 2.05) is 6.92 Å². The molecule has 1 unspecified atom stereocenters. The van der Waals surface area contributed by atoms with Crippen molar-refractivity contribution in [2.75, 3.05) is 0 Å². The zero-order valence-electron chi connectivity index (χ0n) is 15.9. The van der Waals surface area contributed by atoms with Crippen LogP contribution in [0, 0.1) is 18.3 Å². The van der Waals surface area contributed by atoms with Crippen molar-refractivity contribution in [1.29, 1.82) is 0 Å². The molecule has 0 bridgehead atoms. The number of hydrogen-bond acceptors (Lipinski definition) is 0. The normalized spacial score (nSPS) is 13.5. The lowest BCUT2D eigenvalue weighted by molar-refractivity contribution is 0.654. The molecule has 1 atom stereocenters. The molecule has 0 rings (SSSR count). The van der Waals surface area contributed by atoms with Crippen LogP contribution in [0.5, 0.6) is 0 Å². The third kappa shape index (κ3) is 11.7. The van der Waals surface area contributed by atoms with Gasteiger partial charge < -0.3 is 0 Å². The van der Waals surface area contributed by atoms with Gasteiger partial charge in [0, 0.05) is 0 Å². The number of allylic oxidation sites excluding steroid dienone is 6. The van der Waals surface area contributed by atoms with Crippen LogP contribution in [0.15, 0.2) is 47.6 Å². The van der Waals surface area contributed by atoms with E-state index in [-0.39, 0.29) is 0 Å². The Labute approximate surface area is 145 Å². The van der Waals surface area contributed by atoms with Gasteiger partial charge in [-0.15, -0.1) is 6.42 Å². The summed E-state index contributed by atoms with van der Waals surface area (Å²) in [5, 5.41) is 0. The second-order valence-corrected chi connectivity index (χ2v) is 6.72. The molecule has 0 fully saturated rings. The topological polar surface area (TPSA) is 0 Å². The van der Waals surface area contributed by atoms with Crippen LogP contribution in [0.4, 0.5) is 0 Å². The Kier molecular flexibility index (Phi) is 12.2. The molecule has 0 amide bonds. The molecule has 0 N–H and O–H groups in total. The largest absolute Gasteiger partial charge is 0.115 e. The van der Waals surface area contributed by atoms with Gasteiger partial charge in [-0.3, -0.25) is 0 Å². The first-order valence-electron chi connectivity index (χ1n) is 9.08. The van der Waals surface area contributed by atoms with Crippen molar-refractivity contribution in [3.63, 3.8) is 0 Å². The van der Waals surface area contributed by atoms with E-state index in [0.29, 0.717) is 5.92 Å². The number of hydrogen-bond donors (Lipinski definition) is 0. The summed E-state index contributed by atoms with van der Waals surface area (Å²) >= 11 is 0. The smallest absolute Gasteiger partial charge is 0.00475 e. The molecule has 0 heterocycles. The van der Waals surface area contributed by atoms with Gasteiger partial charge in [0.05, 0.1) is 0 Å². The van der Waals surface area contributed by atoms with E-state index in [0.717, 1.165) is 12.0 Å². The first kappa shape index (κ1) is 21.5. The van der Waals surface area contributed by atoms with Crippen LogP contribution in [-0.2, 0) is 0 Å². The average molecular weight is 313 g/mol. The zero-order chi connectivity index (χ0) is 17.7. The van der Waals surface area contributed by atoms with Crippen LogP contribution in [-0.4, -0.2) is 0 Å². The average Bonchev–Trinajstić information content (AvgIpc) is 2.51. The number of unbranched alkanes of at least 4 members (excludes halogenated alkanes) is 3. The molecule has 23 heavy (non-hydrogen) atoms. The van der Waals surface area contributed by atoms with E-state index in [2.05, 4.69) is 52.0 Å². The molecule has 0 saturated carbocycles. The van der Waals surface area contributed by atoms with Crippen molar-refractivity contribution in [1.82, 2.24) is 0 Å². The van der Waals surface area contributed by atoms with Crippen molar-refractivity contribution in [3.8, 4) is 12.3 Å². The van der Waals surface area contributed by atoms with Crippen LogP contribution in [0.3, 0.4) is 0 Å². The Hall–Kier alpha value is -1.48. The minimum Gasteiger partial charge on any atom is -0.115 e.